The van der Waals surface area contributed by atoms with Gasteiger partial charge in [0.05, 0.1) is 5.84 Å². The fourth-order valence-electron chi connectivity index (χ4n) is 2.58. The topological polar surface area (TPSA) is 49.9 Å². The van der Waals surface area contributed by atoms with Gasteiger partial charge in [0, 0.05) is 10.7 Å². The molecule has 0 radical (unpaired) electrons. The lowest BCUT2D eigenvalue weighted by Crippen LogP contribution is -2.30. The molecule has 3 N–H and O–H groups in total. The smallest absolute Gasteiger partial charge is 0.0963 e. The van der Waals surface area contributed by atoms with E-state index < -0.39 is 0 Å². The standard InChI is InChI=1S/C15H30N2S/c1-12-7-6-8-13(11-12)18-10-5-4-9-15(2,3)14(16)17/h12-13H,4-11H2,1-3H3,(H3,16,17). The SMILES string of the molecule is CC1CCCC(SCCCCC(C)(C)C(=N)N)C1. The van der Waals surface area contributed by atoms with Crippen molar-refractivity contribution in [3.05, 3.63) is 0 Å². The zero-order valence-electron chi connectivity index (χ0n) is 12.3. The second-order valence-electron chi connectivity index (χ2n) is 6.52. The molecule has 0 aromatic carbocycles. The van der Waals surface area contributed by atoms with Crippen molar-refractivity contribution in [1.82, 2.24) is 0 Å². The van der Waals surface area contributed by atoms with Crippen LogP contribution in [-0.4, -0.2) is 16.8 Å². The van der Waals surface area contributed by atoms with Crippen LogP contribution in [0.2, 0.25) is 0 Å². The highest BCUT2D eigenvalue weighted by atomic mass is 32.2. The molecule has 2 atom stereocenters. The van der Waals surface area contributed by atoms with Gasteiger partial charge in [-0.25, -0.2) is 0 Å². The normalized spacial score (nSPS) is 25.1. The highest BCUT2D eigenvalue weighted by molar-refractivity contribution is 7.99. The Balaban J connectivity index is 2.06. The summed E-state index contributed by atoms with van der Waals surface area (Å²) in [6, 6.07) is 0. The van der Waals surface area contributed by atoms with Gasteiger partial charge in [-0.15, -0.1) is 0 Å². The van der Waals surface area contributed by atoms with Crippen molar-refractivity contribution in [2.75, 3.05) is 5.75 Å². The number of amidine groups is 1. The number of hydrogen-bond donors (Lipinski definition) is 2. The summed E-state index contributed by atoms with van der Waals surface area (Å²) in [7, 11) is 0. The summed E-state index contributed by atoms with van der Waals surface area (Å²) in [5.74, 6) is 2.55. The highest BCUT2D eigenvalue weighted by Crippen LogP contribution is 2.32. The fourth-order valence-corrected chi connectivity index (χ4v) is 4.09. The predicted molar refractivity (Wildman–Crippen MR) is 83.4 cm³/mol. The summed E-state index contributed by atoms with van der Waals surface area (Å²) in [6.45, 7) is 6.54. The largest absolute Gasteiger partial charge is 0.387 e. The van der Waals surface area contributed by atoms with Crippen LogP contribution in [0.15, 0.2) is 0 Å². The third-order valence-corrected chi connectivity index (χ3v) is 5.59. The van der Waals surface area contributed by atoms with Crippen molar-refractivity contribution < 1.29 is 0 Å². The van der Waals surface area contributed by atoms with E-state index in [-0.39, 0.29) is 5.41 Å². The zero-order valence-corrected chi connectivity index (χ0v) is 13.1. The number of unbranched alkanes of at least 4 members (excludes halogenated alkanes) is 1. The number of nitrogens with one attached hydrogen (secondary N) is 1. The second kappa shape index (κ2) is 7.42. The van der Waals surface area contributed by atoms with Crippen molar-refractivity contribution in [2.45, 2.75) is 71.0 Å². The van der Waals surface area contributed by atoms with Crippen LogP contribution >= 0.6 is 11.8 Å². The molecule has 0 spiro atoms. The first-order chi connectivity index (χ1) is 8.42. The molecule has 0 aromatic heterocycles. The Kier molecular flexibility index (Phi) is 6.54. The third kappa shape index (κ3) is 5.64. The lowest BCUT2D eigenvalue weighted by Gasteiger charge is -2.26. The number of hydrogen-bond acceptors (Lipinski definition) is 2. The molecule has 0 heterocycles. The van der Waals surface area contributed by atoms with Gasteiger partial charge in [-0.05, 0) is 37.4 Å². The van der Waals surface area contributed by atoms with E-state index in [9.17, 15) is 0 Å². The number of thioether (sulfide) groups is 1. The Morgan fingerprint density at radius 1 is 1.33 bits per heavy atom. The van der Waals surface area contributed by atoms with Crippen molar-refractivity contribution >= 4 is 17.6 Å². The Morgan fingerprint density at radius 3 is 2.67 bits per heavy atom. The summed E-state index contributed by atoms with van der Waals surface area (Å²) < 4.78 is 0. The van der Waals surface area contributed by atoms with Gasteiger partial charge in [-0.3, -0.25) is 5.41 Å². The monoisotopic (exact) mass is 270 g/mol. The molecule has 106 valence electrons. The van der Waals surface area contributed by atoms with Crippen molar-refractivity contribution in [3.63, 3.8) is 0 Å². The predicted octanol–water partition coefficient (Wildman–Crippen LogP) is 4.43. The number of nitrogens with two attached hydrogens (primary N) is 1. The average Bonchev–Trinajstić information content (AvgIpc) is 2.28. The van der Waals surface area contributed by atoms with Crippen LogP contribution in [0.3, 0.4) is 0 Å². The summed E-state index contributed by atoms with van der Waals surface area (Å²) in [6.07, 6.45) is 9.22. The molecule has 1 saturated carbocycles. The quantitative estimate of drug-likeness (QED) is 0.408. The summed E-state index contributed by atoms with van der Waals surface area (Å²) >= 11 is 2.18. The van der Waals surface area contributed by atoms with E-state index in [1.165, 1.54) is 44.3 Å². The maximum Gasteiger partial charge on any atom is 0.0963 e. The Morgan fingerprint density at radius 2 is 2.06 bits per heavy atom. The van der Waals surface area contributed by atoms with E-state index in [0.717, 1.165) is 17.6 Å². The Hall–Kier alpha value is -0.180. The summed E-state index contributed by atoms with van der Waals surface area (Å²) in [4.78, 5) is 0. The molecule has 1 rings (SSSR count). The third-order valence-electron chi connectivity index (χ3n) is 4.17. The van der Waals surface area contributed by atoms with E-state index in [1.54, 1.807) is 0 Å². The lowest BCUT2D eigenvalue weighted by molar-refractivity contribution is 0.394. The lowest BCUT2D eigenvalue weighted by atomic mass is 9.86. The molecular formula is C15H30N2S. The minimum Gasteiger partial charge on any atom is -0.387 e. The van der Waals surface area contributed by atoms with Gasteiger partial charge in [0.15, 0.2) is 0 Å². The molecule has 1 aliphatic rings. The van der Waals surface area contributed by atoms with Gasteiger partial charge in [-0.2, -0.15) is 11.8 Å². The van der Waals surface area contributed by atoms with E-state index in [0.29, 0.717) is 5.84 Å². The van der Waals surface area contributed by atoms with Crippen molar-refractivity contribution in [3.8, 4) is 0 Å². The second-order valence-corrected chi connectivity index (χ2v) is 7.93. The van der Waals surface area contributed by atoms with E-state index in [4.69, 9.17) is 11.1 Å². The molecular weight excluding hydrogens is 240 g/mol. The average molecular weight is 270 g/mol. The van der Waals surface area contributed by atoms with Crippen LogP contribution in [0, 0.1) is 16.7 Å². The fraction of sp³-hybridized carbons (Fsp3) is 0.933. The van der Waals surface area contributed by atoms with Gasteiger partial charge in [-0.1, -0.05) is 40.0 Å². The molecule has 0 aromatic rings. The minimum atomic E-state index is -0.107. The maximum atomic E-state index is 7.53. The van der Waals surface area contributed by atoms with Gasteiger partial charge < -0.3 is 5.73 Å². The molecule has 2 unspecified atom stereocenters. The minimum absolute atomic E-state index is 0.107. The number of rotatable bonds is 7. The molecule has 3 heteroatoms. The first-order valence-electron chi connectivity index (χ1n) is 7.38. The first-order valence-corrected chi connectivity index (χ1v) is 8.43. The molecule has 2 nitrogen and oxygen atoms in total. The maximum absolute atomic E-state index is 7.53. The van der Waals surface area contributed by atoms with Crippen LogP contribution in [-0.2, 0) is 0 Å². The van der Waals surface area contributed by atoms with E-state index in [1.807, 2.05) is 0 Å². The molecule has 0 saturated heterocycles. The van der Waals surface area contributed by atoms with Crippen LogP contribution in [0.1, 0.15) is 65.7 Å². The summed E-state index contributed by atoms with van der Waals surface area (Å²) in [5.41, 5.74) is 5.49. The zero-order chi connectivity index (χ0) is 13.6. The van der Waals surface area contributed by atoms with Gasteiger partial charge in [0.2, 0.25) is 0 Å². The van der Waals surface area contributed by atoms with Crippen molar-refractivity contribution in [2.24, 2.45) is 17.1 Å². The molecule has 0 bridgehead atoms. The van der Waals surface area contributed by atoms with E-state index in [2.05, 4.69) is 32.5 Å². The Labute approximate surface area is 117 Å². The molecule has 1 fully saturated rings. The van der Waals surface area contributed by atoms with Crippen LogP contribution in [0.25, 0.3) is 0 Å². The van der Waals surface area contributed by atoms with Gasteiger partial charge >= 0.3 is 0 Å². The van der Waals surface area contributed by atoms with Gasteiger partial charge in [0.25, 0.3) is 0 Å². The summed E-state index contributed by atoms with van der Waals surface area (Å²) in [5, 5.41) is 8.44. The van der Waals surface area contributed by atoms with Crippen LogP contribution < -0.4 is 5.73 Å². The van der Waals surface area contributed by atoms with Crippen LogP contribution in [0.5, 0.6) is 0 Å². The highest BCUT2D eigenvalue weighted by Gasteiger charge is 2.21. The molecule has 1 aliphatic carbocycles. The molecule has 0 aliphatic heterocycles. The Bertz CT molecular complexity index is 263. The van der Waals surface area contributed by atoms with Gasteiger partial charge in [0.1, 0.15) is 0 Å². The van der Waals surface area contributed by atoms with Crippen molar-refractivity contribution in [1.29, 1.82) is 5.41 Å². The van der Waals surface area contributed by atoms with Crippen LogP contribution in [0.4, 0.5) is 0 Å². The van der Waals surface area contributed by atoms with E-state index >= 15 is 0 Å². The molecule has 0 amide bonds. The first kappa shape index (κ1) is 15.9. The molecule has 18 heavy (non-hydrogen) atoms.